The number of nitrogens with zero attached hydrogens (tertiary/aromatic N) is 1. The molecule has 0 saturated heterocycles. The SMILES string of the molecule is CC(=O)NS(=O)(=O)c1ccc(S(=O)(=O)Nc2ccccc2[N+](=O)[O-])cc1. The van der Waals surface area contributed by atoms with Crippen molar-refractivity contribution in [2.75, 3.05) is 4.72 Å². The highest BCUT2D eigenvalue weighted by Crippen LogP contribution is 2.26. The zero-order chi connectivity index (χ0) is 19.5. The first-order valence-electron chi connectivity index (χ1n) is 6.92. The standard InChI is InChI=1S/C14H13N3O7S2/c1-10(18)15-25(21,22)11-6-8-12(9-7-11)26(23,24)16-13-4-2-3-5-14(13)17(19)20/h2-9,16H,1H3,(H,15,18). The first-order valence-corrected chi connectivity index (χ1v) is 9.89. The number of sulfonamides is 2. The lowest BCUT2D eigenvalue weighted by atomic mass is 10.3. The van der Waals surface area contributed by atoms with Crippen LogP contribution in [0.2, 0.25) is 0 Å². The van der Waals surface area contributed by atoms with Crippen LogP contribution in [0.5, 0.6) is 0 Å². The normalized spacial score (nSPS) is 11.6. The highest BCUT2D eigenvalue weighted by atomic mass is 32.2. The number of nitrogens with one attached hydrogen (secondary N) is 2. The number of hydrogen-bond donors (Lipinski definition) is 2. The second-order valence-electron chi connectivity index (χ2n) is 5.01. The fraction of sp³-hybridized carbons (Fsp3) is 0.0714. The molecule has 0 fully saturated rings. The number of carbonyl (C=O) groups is 1. The van der Waals surface area contributed by atoms with E-state index in [1.165, 1.54) is 18.2 Å². The maximum absolute atomic E-state index is 12.4. The number of carbonyl (C=O) groups excluding carboxylic acids is 1. The lowest BCUT2D eigenvalue weighted by Crippen LogP contribution is -2.28. The maximum Gasteiger partial charge on any atom is 0.293 e. The van der Waals surface area contributed by atoms with Gasteiger partial charge in [0.25, 0.3) is 25.7 Å². The molecule has 26 heavy (non-hydrogen) atoms. The lowest BCUT2D eigenvalue weighted by Gasteiger charge is -2.09. The molecule has 0 saturated carbocycles. The number of anilines is 1. The van der Waals surface area contributed by atoms with E-state index in [2.05, 4.69) is 4.72 Å². The smallest absolute Gasteiger partial charge is 0.274 e. The summed E-state index contributed by atoms with van der Waals surface area (Å²) in [5.74, 6) is -0.792. The van der Waals surface area contributed by atoms with Crippen LogP contribution in [-0.4, -0.2) is 27.7 Å². The molecular weight excluding hydrogens is 386 g/mol. The van der Waals surface area contributed by atoms with Gasteiger partial charge < -0.3 is 0 Å². The molecule has 2 aromatic rings. The third-order valence-electron chi connectivity index (χ3n) is 3.07. The van der Waals surface area contributed by atoms with E-state index in [-0.39, 0.29) is 15.5 Å². The van der Waals surface area contributed by atoms with Crippen LogP contribution >= 0.6 is 0 Å². The molecule has 12 heteroatoms. The zero-order valence-corrected chi connectivity index (χ0v) is 14.9. The average Bonchev–Trinajstić information content (AvgIpc) is 2.53. The van der Waals surface area contributed by atoms with Crippen LogP contribution in [-0.2, 0) is 24.8 Å². The Hall–Kier alpha value is -2.99. The van der Waals surface area contributed by atoms with E-state index >= 15 is 0 Å². The molecule has 2 aromatic carbocycles. The monoisotopic (exact) mass is 399 g/mol. The summed E-state index contributed by atoms with van der Waals surface area (Å²) in [6.45, 7) is 1.02. The number of amides is 1. The first kappa shape index (κ1) is 19.3. The van der Waals surface area contributed by atoms with E-state index in [1.54, 1.807) is 4.72 Å². The van der Waals surface area contributed by atoms with Crippen molar-refractivity contribution < 1.29 is 26.6 Å². The van der Waals surface area contributed by atoms with Crippen molar-refractivity contribution in [1.29, 1.82) is 0 Å². The van der Waals surface area contributed by atoms with Crippen LogP contribution in [0, 0.1) is 10.1 Å². The van der Waals surface area contributed by atoms with Crippen molar-refractivity contribution in [3.63, 3.8) is 0 Å². The summed E-state index contributed by atoms with van der Waals surface area (Å²) in [7, 11) is -8.29. The van der Waals surface area contributed by atoms with Gasteiger partial charge in [-0.15, -0.1) is 0 Å². The average molecular weight is 399 g/mol. The summed E-state index contributed by atoms with van der Waals surface area (Å²) in [5, 5.41) is 11.0. The van der Waals surface area contributed by atoms with E-state index in [9.17, 15) is 31.7 Å². The highest BCUT2D eigenvalue weighted by molar-refractivity contribution is 7.92. The van der Waals surface area contributed by atoms with Gasteiger partial charge in [-0.25, -0.2) is 21.6 Å². The Labute approximate surface area is 149 Å². The summed E-state index contributed by atoms with van der Waals surface area (Å²) in [4.78, 5) is 20.5. The number of hydrogen-bond acceptors (Lipinski definition) is 7. The molecule has 0 unspecified atom stereocenters. The second-order valence-corrected chi connectivity index (χ2v) is 8.38. The third-order valence-corrected chi connectivity index (χ3v) is 5.90. The quantitative estimate of drug-likeness (QED) is 0.547. The van der Waals surface area contributed by atoms with Crippen LogP contribution in [0.1, 0.15) is 6.92 Å². The Morgan fingerprint density at radius 3 is 1.92 bits per heavy atom. The van der Waals surface area contributed by atoms with Crippen molar-refractivity contribution >= 4 is 37.3 Å². The Bertz CT molecular complexity index is 1060. The number of benzene rings is 2. The fourth-order valence-corrected chi connectivity index (χ4v) is 4.03. The predicted molar refractivity (Wildman–Crippen MR) is 91.3 cm³/mol. The molecule has 0 heterocycles. The number of nitro groups is 1. The van der Waals surface area contributed by atoms with Gasteiger partial charge in [-0.2, -0.15) is 0 Å². The van der Waals surface area contributed by atoms with Crippen molar-refractivity contribution in [2.24, 2.45) is 0 Å². The minimum atomic E-state index is -4.19. The number of nitro benzene ring substituents is 1. The summed E-state index contributed by atoms with van der Waals surface area (Å²) in [6.07, 6.45) is 0. The minimum Gasteiger partial charge on any atom is -0.274 e. The van der Waals surface area contributed by atoms with Crippen molar-refractivity contribution in [3.8, 4) is 0 Å². The van der Waals surface area contributed by atoms with Gasteiger partial charge in [-0.3, -0.25) is 19.6 Å². The van der Waals surface area contributed by atoms with Gasteiger partial charge in [0.2, 0.25) is 5.91 Å². The topological polar surface area (TPSA) is 153 Å². The van der Waals surface area contributed by atoms with E-state index < -0.39 is 36.6 Å². The Morgan fingerprint density at radius 1 is 0.923 bits per heavy atom. The van der Waals surface area contributed by atoms with E-state index in [4.69, 9.17) is 0 Å². The summed E-state index contributed by atoms with van der Waals surface area (Å²) < 4.78 is 52.2. The number of rotatable bonds is 6. The first-order chi connectivity index (χ1) is 12.0. The Morgan fingerprint density at radius 2 is 1.42 bits per heavy atom. The highest BCUT2D eigenvalue weighted by Gasteiger charge is 2.22. The molecule has 10 nitrogen and oxygen atoms in total. The fourth-order valence-electron chi connectivity index (χ4n) is 1.97. The molecule has 0 aliphatic rings. The van der Waals surface area contributed by atoms with Crippen LogP contribution in [0.15, 0.2) is 58.3 Å². The van der Waals surface area contributed by atoms with E-state index in [0.717, 1.165) is 37.3 Å². The van der Waals surface area contributed by atoms with Gasteiger partial charge in [0, 0.05) is 13.0 Å². The van der Waals surface area contributed by atoms with Crippen LogP contribution in [0.4, 0.5) is 11.4 Å². The van der Waals surface area contributed by atoms with Gasteiger partial charge in [-0.1, -0.05) is 12.1 Å². The summed E-state index contributed by atoms with van der Waals surface area (Å²) in [5.41, 5.74) is -0.659. The van der Waals surface area contributed by atoms with Crippen LogP contribution < -0.4 is 9.44 Å². The molecular formula is C14H13N3O7S2. The molecule has 2 N–H and O–H groups in total. The molecule has 0 aromatic heterocycles. The van der Waals surface area contributed by atoms with Gasteiger partial charge in [0.15, 0.2) is 0 Å². The minimum absolute atomic E-state index is 0.229. The maximum atomic E-state index is 12.4. The summed E-state index contributed by atoms with van der Waals surface area (Å²) in [6, 6.07) is 9.19. The van der Waals surface area contributed by atoms with Crippen molar-refractivity contribution in [1.82, 2.24) is 4.72 Å². The van der Waals surface area contributed by atoms with Crippen molar-refractivity contribution in [2.45, 2.75) is 16.7 Å². The molecule has 138 valence electrons. The van der Waals surface area contributed by atoms with E-state index in [0.29, 0.717) is 0 Å². The molecule has 0 atom stereocenters. The van der Waals surface area contributed by atoms with Crippen molar-refractivity contribution in [3.05, 3.63) is 58.6 Å². The number of para-hydroxylation sites is 2. The van der Waals surface area contributed by atoms with E-state index in [1.807, 2.05) is 0 Å². The summed E-state index contributed by atoms with van der Waals surface area (Å²) >= 11 is 0. The third kappa shape index (κ3) is 4.34. The molecule has 0 bridgehead atoms. The second kappa shape index (κ2) is 7.09. The molecule has 0 radical (unpaired) electrons. The Balaban J connectivity index is 2.34. The van der Waals surface area contributed by atoms with Gasteiger partial charge >= 0.3 is 0 Å². The van der Waals surface area contributed by atoms with Crippen LogP contribution in [0.25, 0.3) is 0 Å². The largest absolute Gasteiger partial charge is 0.293 e. The predicted octanol–water partition coefficient (Wildman–Crippen LogP) is 1.22. The Kier molecular flexibility index (Phi) is 5.28. The molecule has 2 rings (SSSR count). The van der Waals surface area contributed by atoms with Gasteiger partial charge in [-0.05, 0) is 30.3 Å². The molecule has 1 amide bonds. The van der Waals surface area contributed by atoms with Gasteiger partial charge in [0.1, 0.15) is 5.69 Å². The molecule has 0 spiro atoms. The lowest BCUT2D eigenvalue weighted by molar-refractivity contribution is -0.383. The van der Waals surface area contributed by atoms with Gasteiger partial charge in [0.05, 0.1) is 14.7 Å². The molecule has 0 aliphatic carbocycles. The molecule has 0 aliphatic heterocycles. The van der Waals surface area contributed by atoms with Crippen LogP contribution in [0.3, 0.4) is 0 Å². The zero-order valence-electron chi connectivity index (χ0n) is 13.2.